The van der Waals surface area contributed by atoms with Crippen LogP contribution in [0.5, 0.6) is 0 Å². The summed E-state index contributed by atoms with van der Waals surface area (Å²) in [6.45, 7) is 2.51. The van der Waals surface area contributed by atoms with Crippen LogP contribution in [0.25, 0.3) is 0 Å². The minimum absolute atomic E-state index is 0. The Morgan fingerprint density at radius 2 is 1.91 bits per heavy atom. The Morgan fingerprint density at radius 3 is 2.43 bits per heavy atom. The molecule has 132 valence electrons. The van der Waals surface area contributed by atoms with Crippen molar-refractivity contribution in [1.82, 2.24) is 10.0 Å². The van der Waals surface area contributed by atoms with Gasteiger partial charge in [-0.2, -0.15) is 16.5 Å². The Bertz CT molecular complexity index is 579. The fraction of sp³-hybridized carbons (Fsp3) is 0.500. The van der Waals surface area contributed by atoms with Gasteiger partial charge in [0, 0.05) is 13.1 Å². The van der Waals surface area contributed by atoms with Gasteiger partial charge >= 0.3 is 0 Å². The summed E-state index contributed by atoms with van der Waals surface area (Å²) in [7, 11) is -3.73. The summed E-state index contributed by atoms with van der Waals surface area (Å²) in [6.07, 6.45) is 2.33. The number of hydrogen-bond donors (Lipinski definition) is 3. The Morgan fingerprint density at radius 1 is 1.30 bits per heavy atom. The monoisotopic (exact) mass is 381 g/mol. The summed E-state index contributed by atoms with van der Waals surface area (Å²) in [5, 5.41) is 2.62. The third-order valence-electron chi connectivity index (χ3n) is 3.00. The number of benzene rings is 1. The Hall–Kier alpha value is -0.800. The molecular formula is C14H24ClN3O3S2. The number of amides is 1. The van der Waals surface area contributed by atoms with E-state index in [1.807, 2.05) is 13.2 Å². The van der Waals surface area contributed by atoms with Crippen LogP contribution in [0.4, 0.5) is 0 Å². The summed E-state index contributed by atoms with van der Waals surface area (Å²) < 4.78 is 27.2. The third-order valence-corrected chi connectivity index (χ3v) is 5.13. The molecule has 1 rings (SSSR count). The van der Waals surface area contributed by atoms with E-state index in [9.17, 15) is 13.2 Å². The van der Waals surface area contributed by atoms with Crippen LogP contribution in [0.2, 0.25) is 0 Å². The van der Waals surface area contributed by atoms with Crippen molar-refractivity contribution < 1.29 is 13.2 Å². The van der Waals surface area contributed by atoms with Gasteiger partial charge < -0.3 is 11.1 Å². The number of aryl methyl sites for hydroxylation is 1. The number of nitrogens with two attached hydrogens (primary N) is 1. The average Bonchev–Trinajstić information content (AvgIpc) is 2.49. The van der Waals surface area contributed by atoms with Crippen molar-refractivity contribution in [2.45, 2.75) is 24.3 Å². The van der Waals surface area contributed by atoms with Crippen LogP contribution in [0.3, 0.4) is 0 Å². The molecule has 0 aliphatic rings. The van der Waals surface area contributed by atoms with Gasteiger partial charge in [-0.25, -0.2) is 8.42 Å². The molecule has 1 aromatic rings. The molecule has 0 aromatic heterocycles. The van der Waals surface area contributed by atoms with Crippen molar-refractivity contribution in [3.05, 3.63) is 29.8 Å². The Labute approximate surface area is 148 Å². The van der Waals surface area contributed by atoms with E-state index in [0.717, 1.165) is 5.56 Å². The van der Waals surface area contributed by atoms with E-state index in [2.05, 4.69) is 10.0 Å². The van der Waals surface area contributed by atoms with E-state index in [0.29, 0.717) is 25.3 Å². The van der Waals surface area contributed by atoms with Crippen molar-refractivity contribution in [3.8, 4) is 0 Å². The zero-order valence-electron chi connectivity index (χ0n) is 13.2. The van der Waals surface area contributed by atoms with E-state index in [-0.39, 0.29) is 23.2 Å². The lowest BCUT2D eigenvalue weighted by Gasteiger charge is -2.18. The molecule has 6 nitrogen and oxygen atoms in total. The first-order valence-corrected chi connectivity index (χ1v) is 9.84. The van der Waals surface area contributed by atoms with E-state index in [1.165, 1.54) is 12.1 Å². The highest BCUT2D eigenvalue weighted by Crippen LogP contribution is 2.12. The lowest BCUT2D eigenvalue weighted by atomic mass is 10.2. The van der Waals surface area contributed by atoms with Crippen LogP contribution in [0.1, 0.15) is 12.0 Å². The predicted octanol–water partition coefficient (Wildman–Crippen LogP) is 0.892. The zero-order valence-corrected chi connectivity index (χ0v) is 15.7. The molecule has 1 aromatic carbocycles. The first-order valence-electron chi connectivity index (χ1n) is 6.96. The Kier molecular flexibility index (Phi) is 10.5. The van der Waals surface area contributed by atoms with Crippen molar-refractivity contribution in [2.75, 3.05) is 25.1 Å². The molecule has 0 aliphatic heterocycles. The second-order valence-electron chi connectivity index (χ2n) is 4.85. The number of hydrogen-bond acceptors (Lipinski definition) is 5. The van der Waals surface area contributed by atoms with Crippen molar-refractivity contribution >= 4 is 40.1 Å². The van der Waals surface area contributed by atoms with Gasteiger partial charge in [-0.1, -0.05) is 17.7 Å². The second kappa shape index (κ2) is 10.9. The second-order valence-corrected chi connectivity index (χ2v) is 7.55. The summed E-state index contributed by atoms with van der Waals surface area (Å²) >= 11 is 1.56. The number of carbonyl (C=O) groups excluding carboxylic acids is 1. The molecule has 0 radical (unpaired) electrons. The molecule has 23 heavy (non-hydrogen) atoms. The summed E-state index contributed by atoms with van der Waals surface area (Å²) in [4.78, 5) is 12.2. The molecule has 1 amide bonds. The lowest BCUT2D eigenvalue weighted by molar-refractivity contribution is -0.122. The highest BCUT2D eigenvalue weighted by atomic mass is 35.5. The van der Waals surface area contributed by atoms with Crippen LogP contribution in [-0.2, 0) is 14.8 Å². The molecule has 0 saturated carbocycles. The quantitative estimate of drug-likeness (QED) is 0.589. The number of halogens is 1. The summed E-state index contributed by atoms with van der Waals surface area (Å²) in [5.41, 5.74) is 6.32. The molecule has 9 heteroatoms. The molecule has 0 fully saturated rings. The third kappa shape index (κ3) is 7.54. The minimum atomic E-state index is -3.73. The Balaban J connectivity index is 0.00000484. The molecule has 1 unspecified atom stereocenters. The molecule has 1 atom stereocenters. The molecule has 0 aliphatic carbocycles. The fourth-order valence-corrected chi connectivity index (χ4v) is 3.47. The number of nitrogens with one attached hydrogen (secondary N) is 2. The van der Waals surface area contributed by atoms with Crippen LogP contribution >= 0.6 is 24.2 Å². The fourth-order valence-electron chi connectivity index (χ4n) is 1.77. The highest BCUT2D eigenvalue weighted by molar-refractivity contribution is 7.98. The minimum Gasteiger partial charge on any atom is -0.353 e. The van der Waals surface area contributed by atoms with Crippen LogP contribution in [0, 0.1) is 6.92 Å². The zero-order chi connectivity index (χ0) is 16.6. The topological polar surface area (TPSA) is 101 Å². The normalized spacial score (nSPS) is 12.3. The van der Waals surface area contributed by atoms with E-state index >= 15 is 0 Å². The van der Waals surface area contributed by atoms with Crippen LogP contribution in [0.15, 0.2) is 29.2 Å². The summed E-state index contributed by atoms with van der Waals surface area (Å²) in [5.74, 6) is 0.326. The first-order chi connectivity index (χ1) is 10.4. The van der Waals surface area contributed by atoms with Crippen molar-refractivity contribution in [1.29, 1.82) is 0 Å². The van der Waals surface area contributed by atoms with E-state index < -0.39 is 16.1 Å². The maximum atomic E-state index is 12.4. The van der Waals surface area contributed by atoms with Crippen LogP contribution in [-0.4, -0.2) is 45.5 Å². The van der Waals surface area contributed by atoms with E-state index in [1.54, 1.807) is 23.9 Å². The highest BCUT2D eigenvalue weighted by Gasteiger charge is 2.25. The van der Waals surface area contributed by atoms with Gasteiger partial charge in [0.2, 0.25) is 15.9 Å². The standard InChI is InChI=1S/C14H23N3O3S2.ClH/c1-11-3-5-12(6-4-11)22(19,20)17-13(7-10-21-2)14(18)16-9-8-15;/h3-6,13,17H,7-10,15H2,1-2H3,(H,16,18);1H. The smallest absolute Gasteiger partial charge is 0.241 e. The van der Waals surface area contributed by atoms with Gasteiger partial charge in [-0.05, 0) is 37.5 Å². The first kappa shape index (κ1) is 22.2. The van der Waals surface area contributed by atoms with Gasteiger partial charge in [0.1, 0.15) is 6.04 Å². The molecule has 0 saturated heterocycles. The van der Waals surface area contributed by atoms with Gasteiger partial charge in [-0.3, -0.25) is 4.79 Å². The number of carbonyl (C=O) groups is 1. The number of sulfonamides is 1. The molecular weight excluding hydrogens is 358 g/mol. The largest absolute Gasteiger partial charge is 0.353 e. The molecule has 0 bridgehead atoms. The lowest BCUT2D eigenvalue weighted by Crippen LogP contribution is -2.47. The summed E-state index contributed by atoms with van der Waals surface area (Å²) in [6, 6.07) is 5.70. The van der Waals surface area contributed by atoms with Gasteiger partial charge in [-0.15, -0.1) is 12.4 Å². The number of thioether (sulfide) groups is 1. The van der Waals surface area contributed by atoms with Gasteiger partial charge in [0.25, 0.3) is 0 Å². The molecule has 4 N–H and O–H groups in total. The SMILES string of the molecule is CSCCC(NS(=O)(=O)c1ccc(C)cc1)C(=O)NCCN.Cl. The van der Waals surface area contributed by atoms with E-state index in [4.69, 9.17) is 5.73 Å². The van der Waals surface area contributed by atoms with Gasteiger partial charge in [0.15, 0.2) is 0 Å². The van der Waals surface area contributed by atoms with Crippen LogP contribution < -0.4 is 15.8 Å². The molecule has 0 spiro atoms. The van der Waals surface area contributed by atoms with Gasteiger partial charge in [0.05, 0.1) is 4.90 Å². The maximum Gasteiger partial charge on any atom is 0.241 e. The maximum absolute atomic E-state index is 12.4. The van der Waals surface area contributed by atoms with Crippen molar-refractivity contribution in [2.24, 2.45) is 5.73 Å². The average molecular weight is 382 g/mol. The predicted molar refractivity (Wildman–Crippen MR) is 97.6 cm³/mol. The molecule has 0 heterocycles. The number of rotatable bonds is 9. The van der Waals surface area contributed by atoms with Crippen molar-refractivity contribution in [3.63, 3.8) is 0 Å².